The molecule has 0 aromatic carbocycles. The zero-order valence-electron chi connectivity index (χ0n) is 10.5. The molecule has 0 radical (unpaired) electrons. The Morgan fingerprint density at radius 2 is 2.12 bits per heavy atom. The number of aliphatic hydroxyl groups is 1. The summed E-state index contributed by atoms with van der Waals surface area (Å²) >= 11 is 0. The second-order valence-corrected chi connectivity index (χ2v) is 4.45. The normalized spacial score (nSPS) is 21.3. The minimum atomic E-state index is 0.248. The third-order valence-corrected chi connectivity index (χ3v) is 3.39. The van der Waals surface area contributed by atoms with E-state index >= 15 is 0 Å². The molecule has 0 aromatic heterocycles. The fourth-order valence-electron chi connectivity index (χ4n) is 2.25. The first-order valence-electron chi connectivity index (χ1n) is 6.32. The van der Waals surface area contributed by atoms with Crippen LogP contribution in [0.5, 0.6) is 0 Å². The van der Waals surface area contributed by atoms with Crippen molar-refractivity contribution in [2.24, 2.45) is 5.92 Å². The van der Waals surface area contributed by atoms with Gasteiger partial charge in [0.05, 0.1) is 0 Å². The third kappa shape index (κ3) is 3.76. The van der Waals surface area contributed by atoms with Crippen LogP contribution in [0.3, 0.4) is 0 Å². The molecular weight excluding hydrogens is 204 g/mol. The van der Waals surface area contributed by atoms with Gasteiger partial charge < -0.3 is 14.9 Å². The monoisotopic (exact) mass is 228 g/mol. The van der Waals surface area contributed by atoms with Crippen LogP contribution in [0.1, 0.15) is 26.7 Å². The van der Waals surface area contributed by atoms with E-state index in [1.807, 2.05) is 18.7 Å². The van der Waals surface area contributed by atoms with E-state index in [2.05, 4.69) is 4.90 Å². The van der Waals surface area contributed by atoms with Crippen molar-refractivity contribution in [2.45, 2.75) is 26.7 Å². The smallest absolute Gasteiger partial charge is 0.223 e. The fraction of sp³-hybridized carbons (Fsp3) is 0.917. The molecule has 4 heteroatoms. The molecule has 0 bridgehead atoms. The summed E-state index contributed by atoms with van der Waals surface area (Å²) in [5, 5.41) is 9.02. The van der Waals surface area contributed by atoms with Crippen LogP contribution < -0.4 is 0 Å². The Bertz CT molecular complexity index is 217. The van der Waals surface area contributed by atoms with Crippen LogP contribution in [0.25, 0.3) is 0 Å². The summed E-state index contributed by atoms with van der Waals surface area (Å²) in [7, 11) is 0. The highest BCUT2D eigenvalue weighted by Crippen LogP contribution is 2.15. The van der Waals surface area contributed by atoms with Gasteiger partial charge in [-0.15, -0.1) is 0 Å². The first-order valence-corrected chi connectivity index (χ1v) is 6.32. The average molecular weight is 228 g/mol. The number of hydrogen-bond donors (Lipinski definition) is 1. The molecule has 0 saturated carbocycles. The number of rotatable bonds is 6. The zero-order valence-corrected chi connectivity index (χ0v) is 10.5. The SMILES string of the molecule is CCN(CC)C(=O)CCN1CCC(CO)C1. The van der Waals surface area contributed by atoms with Crippen molar-refractivity contribution >= 4 is 5.91 Å². The van der Waals surface area contributed by atoms with E-state index in [0.29, 0.717) is 12.3 Å². The molecule has 4 nitrogen and oxygen atoms in total. The molecule has 1 fully saturated rings. The van der Waals surface area contributed by atoms with E-state index < -0.39 is 0 Å². The molecule has 1 aliphatic heterocycles. The molecule has 0 aromatic rings. The van der Waals surface area contributed by atoms with Gasteiger partial charge in [0, 0.05) is 39.2 Å². The molecule has 1 amide bonds. The lowest BCUT2D eigenvalue weighted by Gasteiger charge is -2.21. The number of carbonyl (C=O) groups excluding carboxylic acids is 1. The Morgan fingerprint density at radius 3 is 2.62 bits per heavy atom. The molecule has 1 saturated heterocycles. The summed E-state index contributed by atoms with van der Waals surface area (Å²) in [4.78, 5) is 15.9. The molecule has 0 aliphatic carbocycles. The lowest BCUT2D eigenvalue weighted by Crippen LogP contribution is -2.33. The lowest BCUT2D eigenvalue weighted by molar-refractivity contribution is -0.131. The molecule has 1 rings (SSSR count). The van der Waals surface area contributed by atoms with E-state index in [4.69, 9.17) is 5.11 Å². The van der Waals surface area contributed by atoms with Crippen molar-refractivity contribution in [3.63, 3.8) is 0 Å². The fourth-order valence-corrected chi connectivity index (χ4v) is 2.25. The van der Waals surface area contributed by atoms with Gasteiger partial charge in [-0.3, -0.25) is 4.79 Å². The van der Waals surface area contributed by atoms with Crippen LogP contribution in [-0.4, -0.2) is 60.1 Å². The summed E-state index contributed by atoms with van der Waals surface area (Å²) in [6.07, 6.45) is 1.68. The highest BCUT2D eigenvalue weighted by Gasteiger charge is 2.22. The van der Waals surface area contributed by atoms with Crippen LogP contribution in [0.15, 0.2) is 0 Å². The molecular formula is C12H24N2O2. The number of amides is 1. The molecule has 1 N–H and O–H groups in total. The van der Waals surface area contributed by atoms with Gasteiger partial charge in [0.25, 0.3) is 0 Å². The molecule has 1 heterocycles. The van der Waals surface area contributed by atoms with Crippen molar-refractivity contribution in [3.05, 3.63) is 0 Å². The van der Waals surface area contributed by atoms with Crippen molar-refractivity contribution in [1.29, 1.82) is 0 Å². The summed E-state index contributed by atoms with van der Waals surface area (Å²) in [5.41, 5.74) is 0. The van der Waals surface area contributed by atoms with Crippen molar-refractivity contribution < 1.29 is 9.90 Å². The zero-order chi connectivity index (χ0) is 12.0. The van der Waals surface area contributed by atoms with Crippen LogP contribution >= 0.6 is 0 Å². The van der Waals surface area contributed by atoms with Gasteiger partial charge in [-0.05, 0) is 32.7 Å². The van der Waals surface area contributed by atoms with E-state index in [-0.39, 0.29) is 12.5 Å². The van der Waals surface area contributed by atoms with Gasteiger partial charge in [0.2, 0.25) is 5.91 Å². The molecule has 94 valence electrons. The Kier molecular flexibility index (Phi) is 5.77. The number of nitrogens with zero attached hydrogens (tertiary/aromatic N) is 2. The highest BCUT2D eigenvalue weighted by molar-refractivity contribution is 5.76. The maximum absolute atomic E-state index is 11.8. The van der Waals surface area contributed by atoms with Gasteiger partial charge in [-0.2, -0.15) is 0 Å². The second-order valence-electron chi connectivity index (χ2n) is 4.45. The molecule has 16 heavy (non-hydrogen) atoms. The largest absolute Gasteiger partial charge is 0.396 e. The van der Waals surface area contributed by atoms with E-state index in [0.717, 1.165) is 39.1 Å². The number of likely N-dealkylation sites (tertiary alicyclic amines) is 1. The highest BCUT2D eigenvalue weighted by atomic mass is 16.3. The first-order chi connectivity index (χ1) is 7.71. The lowest BCUT2D eigenvalue weighted by atomic mass is 10.1. The van der Waals surface area contributed by atoms with Gasteiger partial charge >= 0.3 is 0 Å². The molecule has 1 atom stereocenters. The topological polar surface area (TPSA) is 43.8 Å². The van der Waals surface area contributed by atoms with Gasteiger partial charge in [0.15, 0.2) is 0 Å². The van der Waals surface area contributed by atoms with Crippen LogP contribution in [0.2, 0.25) is 0 Å². The number of aliphatic hydroxyl groups excluding tert-OH is 1. The van der Waals surface area contributed by atoms with Crippen LogP contribution in [0.4, 0.5) is 0 Å². The standard InChI is InChI=1S/C12H24N2O2/c1-3-14(4-2)12(16)6-8-13-7-5-11(9-13)10-15/h11,15H,3-10H2,1-2H3. The third-order valence-electron chi connectivity index (χ3n) is 3.39. The molecule has 0 spiro atoms. The van der Waals surface area contributed by atoms with Crippen molar-refractivity contribution in [2.75, 3.05) is 39.3 Å². The number of carbonyl (C=O) groups is 1. The van der Waals surface area contributed by atoms with Gasteiger partial charge in [0.1, 0.15) is 0 Å². The summed E-state index contributed by atoms with van der Waals surface area (Å²) in [6, 6.07) is 0. The van der Waals surface area contributed by atoms with Gasteiger partial charge in [-0.25, -0.2) is 0 Å². The molecule has 1 aliphatic rings. The Hall–Kier alpha value is -0.610. The van der Waals surface area contributed by atoms with E-state index in [1.165, 1.54) is 0 Å². The quantitative estimate of drug-likeness (QED) is 0.722. The van der Waals surface area contributed by atoms with E-state index in [9.17, 15) is 4.79 Å². The van der Waals surface area contributed by atoms with Crippen LogP contribution in [-0.2, 0) is 4.79 Å². The summed E-state index contributed by atoms with van der Waals surface area (Å²) in [6.45, 7) is 8.71. The van der Waals surface area contributed by atoms with Crippen molar-refractivity contribution in [1.82, 2.24) is 9.80 Å². The Morgan fingerprint density at radius 1 is 1.44 bits per heavy atom. The Balaban J connectivity index is 2.22. The number of hydrogen-bond acceptors (Lipinski definition) is 3. The second kappa shape index (κ2) is 6.86. The molecule has 1 unspecified atom stereocenters. The average Bonchev–Trinajstić information content (AvgIpc) is 2.76. The minimum Gasteiger partial charge on any atom is -0.396 e. The summed E-state index contributed by atoms with van der Waals surface area (Å²) in [5.74, 6) is 0.668. The predicted molar refractivity (Wildman–Crippen MR) is 64.2 cm³/mol. The van der Waals surface area contributed by atoms with Gasteiger partial charge in [-0.1, -0.05) is 0 Å². The summed E-state index contributed by atoms with van der Waals surface area (Å²) < 4.78 is 0. The maximum atomic E-state index is 11.8. The Labute approximate surface area is 98.2 Å². The minimum absolute atomic E-state index is 0.248. The van der Waals surface area contributed by atoms with E-state index in [1.54, 1.807) is 0 Å². The van der Waals surface area contributed by atoms with Crippen molar-refractivity contribution in [3.8, 4) is 0 Å². The van der Waals surface area contributed by atoms with Crippen LogP contribution in [0, 0.1) is 5.92 Å². The predicted octanol–water partition coefficient (Wildman–Crippen LogP) is 0.559. The maximum Gasteiger partial charge on any atom is 0.223 e. The first kappa shape index (κ1) is 13.5.